The largest absolute Gasteiger partial charge is 0.479 e. The number of para-hydroxylation sites is 1. The van der Waals surface area contributed by atoms with E-state index in [0.29, 0.717) is 16.5 Å². The van der Waals surface area contributed by atoms with Gasteiger partial charge in [-0.3, -0.25) is 9.59 Å². The highest BCUT2D eigenvalue weighted by Crippen LogP contribution is 2.23. The normalized spacial score (nSPS) is 11.3. The fourth-order valence-corrected chi connectivity index (χ4v) is 2.84. The van der Waals surface area contributed by atoms with Crippen LogP contribution in [-0.2, 0) is 19.1 Å². The molecule has 2 rings (SSSR count). The molecule has 9 heteroatoms. The highest BCUT2D eigenvalue weighted by Gasteiger charge is 2.19. The number of nitrogens with one attached hydrogen (secondary N) is 2. The summed E-state index contributed by atoms with van der Waals surface area (Å²) in [5, 5.41) is 5.59. The topological polar surface area (TPSA) is 93.7 Å². The number of hydrogen-bond acceptors (Lipinski definition) is 5. The van der Waals surface area contributed by atoms with Gasteiger partial charge in [-0.25, -0.2) is 4.79 Å². The molecule has 0 saturated carbocycles. The Balaban J connectivity index is 1.73. The third kappa shape index (κ3) is 7.40. The molecule has 0 fully saturated rings. The number of rotatable bonds is 8. The molecule has 2 amide bonds. The van der Waals surface area contributed by atoms with E-state index in [4.69, 9.17) is 21.1 Å². The van der Waals surface area contributed by atoms with Gasteiger partial charge in [0.25, 0.3) is 5.91 Å². The van der Waals surface area contributed by atoms with E-state index in [2.05, 4.69) is 26.6 Å². The first-order valence-electron chi connectivity index (χ1n) is 8.67. The fourth-order valence-electron chi connectivity index (χ4n) is 2.22. The Morgan fingerprint density at radius 2 is 1.86 bits per heavy atom. The summed E-state index contributed by atoms with van der Waals surface area (Å²) in [7, 11) is 0. The van der Waals surface area contributed by atoms with Crippen LogP contribution in [0, 0.1) is 6.92 Å². The van der Waals surface area contributed by atoms with Crippen molar-refractivity contribution < 1.29 is 23.9 Å². The molecule has 0 aliphatic rings. The van der Waals surface area contributed by atoms with Crippen molar-refractivity contribution >= 4 is 51.0 Å². The summed E-state index contributed by atoms with van der Waals surface area (Å²) in [4.78, 5) is 35.7. The van der Waals surface area contributed by atoms with Crippen LogP contribution >= 0.6 is 27.5 Å². The molecule has 1 atom stereocenters. The lowest BCUT2D eigenvalue weighted by atomic mass is 10.2. The average Bonchev–Trinajstić information content (AvgIpc) is 2.68. The molecule has 0 spiro atoms. The Labute approximate surface area is 181 Å². The van der Waals surface area contributed by atoms with Crippen molar-refractivity contribution in [1.29, 1.82) is 0 Å². The number of carbonyl (C=O) groups excluding carboxylic acids is 3. The summed E-state index contributed by atoms with van der Waals surface area (Å²) in [6.07, 6.45) is -0.915. The molecule has 0 aliphatic carbocycles. The van der Waals surface area contributed by atoms with E-state index in [9.17, 15) is 14.4 Å². The highest BCUT2D eigenvalue weighted by molar-refractivity contribution is 9.10. The predicted octanol–water partition coefficient (Wildman–Crippen LogP) is 3.48. The number of carbonyl (C=O) groups is 3. The lowest BCUT2D eigenvalue weighted by Gasteiger charge is -2.15. The molecule has 2 aromatic carbocycles. The van der Waals surface area contributed by atoms with E-state index in [1.165, 1.54) is 6.92 Å². The molecule has 0 aliphatic heterocycles. The smallest absolute Gasteiger partial charge is 0.347 e. The molecule has 0 aromatic heterocycles. The molecule has 2 N–H and O–H groups in total. The lowest BCUT2D eigenvalue weighted by Crippen LogP contribution is -2.37. The summed E-state index contributed by atoms with van der Waals surface area (Å²) < 4.78 is 11.2. The minimum Gasteiger partial charge on any atom is -0.479 e. The number of anilines is 1. The van der Waals surface area contributed by atoms with Gasteiger partial charge in [0, 0.05) is 9.50 Å². The van der Waals surface area contributed by atoms with Crippen molar-refractivity contribution in [2.45, 2.75) is 20.0 Å². The number of benzene rings is 2. The van der Waals surface area contributed by atoms with Crippen LogP contribution in [0.15, 0.2) is 46.9 Å². The van der Waals surface area contributed by atoms with Crippen LogP contribution in [0.3, 0.4) is 0 Å². The average molecular weight is 484 g/mol. The minimum atomic E-state index is -0.915. The molecule has 0 radical (unpaired) electrons. The van der Waals surface area contributed by atoms with E-state index in [1.807, 2.05) is 6.07 Å². The summed E-state index contributed by atoms with van der Waals surface area (Å²) in [5.41, 5.74) is 1.35. The Hall–Kier alpha value is -2.58. The zero-order valence-electron chi connectivity index (χ0n) is 15.8. The molecule has 0 saturated heterocycles. The maximum Gasteiger partial charge on any atom is 0.347 e. The quantitative estimate of drug-likeness (QED) is 0.561. The van der Waals surface area contributed by atoms with Crippen LogP contribution < -0.4 is 15.4 Å². The van der Waals surface area contributed by atoms with Crippen LogP contribution in [-0.4, -0.2) is 37.0 Å². The molecule has 0 bridgehead atoms. The number of halogens is 2. The summed E-state index contributed by atoms with van der Waals surface area (Å²) >= 11 is 9.20. The van der Waals surface area contributed by atoms with Crippen LogP contribution in [0.5, 0.6) is 5.75 Å². The van der Waals surface area contributed by atoms with E-state index < -0.39 is 30.5 Å². The third-order valence-corrected chi connectivity index (χ3v) is 4.64. The van der Waals surface area contributed by atoms with Gasteiger partial charge in [0.15, 0.2) is 12.7 Å². The molecule has 2 aromatic rings. The molecule has 154 valence electrons. The Bertz CT molecular complexity index is 906. The maximum absolute atomic E-state index is 12.0. The molecule has 0 heterocycles. The number of aryl methyl sites for hydroxylation is 1. The standard InChI is InChI=1S/C20H20BrClN2O5/c1-12-9-14(22)7-8-17(12)29-13(2)20(27)28-11-19(26)23-10-18(25)24-16-6-4-3-5-15(16)21/h3-9,13H,10-11H2,1-2H3,(H,23,26)(H,24,25). The van der Waals surface area contributed by atoms with Gasteiger partial charge in [0.05, 0.1) is 12.2 Å². The summed E-state index contributed by atoms with van der Waals surface area (Å²) in [5.74, 6) is -1.22. The van der Waals surface area contributed by atoms with Gasteiger partial charge >= 0.3 is 5.97 Å². The van der Waals surface area contributed by atoms with Gasteiger partial charge < -0.3 is 20.1 Å². The van der Waals surface area contributed by atoms with Crippen LogP contribution in [0.4, 0.5) is 5.69 Å². The first-order chi connectivity index (χ1) is 13.8. The van der Waals surface area contributed by atoms with E-state index >= 15 is 0 Å². The third-order valence-electron chi connectivity index (χ3n) is 3.71. The van der Waals surface area contributed by atoms with Gasteiger partial charge in [-0.15, -0.1) is 0 Å². The Morgan fingerprint density at radius 1 is 1.14 bits per heavy atom. The second-order valence-corrected chi connectivity index (χ2v) is 7.37. The zero-order chi connectivity index (χ0) is 21.4. The Kier molecular flexibility index (Phi) is 8.48. The number of esters is 1. The fraction of sp³-hybridized carbons (Fsp3) is 0.250. The number of ether oxygens (including phenoxy) is 2. The van der Waals surface area contributed by atoms with Gasteiger partial charge in [-0.2, -0.15) is 0 Å². The monoisotopic (exact) mass is 482 g/mol. The Morgan fingerprint density at radius 3 is 2.55 bits per heavy atom. The van der Waals surface area contributed by atoms with Gasteiger partial charge in [-0.1, -0.05) is 23.7 Å². The van der Waals surface area contributed by atoms with Crippen molar-refractivity contribution in [2.75, 3.05) is 18.5 Å². The second-order valence-electron chi connectivity index (χ2n) is 6.08. The summed E-state index contributed by atoms with van der Waals surface area (Å²) in [6, 6.07) is 12.1. The molecular weight excluding hydrogens is 464 g/mol. The highest BCUT2D eigenvalue weighted by atomic mass is 79.9. The van der Waals surface area contributed by atoms with Crippen molar-refractivity contribution in [3.63, 3.8) is 0 Å². The van der Waals surface area contributed by atoms with Gasteiger partial charge in [-0.05, 0) is 65.7 Å². The SMILES string of the molecule is Cc1cc(Cl)ccc1OC(C)C(=O)OCC(=O)NCC(=O)Nc1ccccc1Br. The van der Waals surface area contributed by atoms with Crippen molar-refractivity contribution in [3.05, 3.63) is 57.5 Å². The zero-order valence-corrected chi connectivity index (χ0v) is 18.2. The van der Waals surface area contributed by atoms with Crippen LogP contribution in [0.1, 0.15) is 12.5 Å². The first-order valence-corrected chi connectivity index (χ1v) is 9.84. The van der Waals surface area contributed by atoms with Crippen LogP contribution in [0.25, 0.3) is 0 Å². The lowest BCUT2D eigenvalue weighted by molar-refractivity contribution is -0.154. The maximum atomic E-state index is 12.0. The number of amides is 2. The molecule has 29 heavy (non-hydrogen) atoms. The van der Waals surface area contributed by atoms with E-state index in [-0.39, 0.29) is 6.54 Å². The van der Waals surface area contributed by atoms with E-state index in [0.717, 1.165) is 10.0 Å². The van der Waals surface area contributed by atoms with Crippen molar-refractivity contribution in [3.8, 4) is 5.75 Å². The van der Waals surface area contributed by atoms with Gasteiger partial charge in [0.1, 0.15) is 5.75 Å². The van der Waals surface area contributed by atoms with Crippen LogP contribution in [0.2, 0.25) is 5.02 Å². The summed E-state index contributed by atoms with van der Waals surface area (Å²) in [6.45, 7) is 2.54. The second kappa shape index (κ2) is 10.8. The van der Waals surface area contributed by atoms with Gasteiger partial charge in [0.2, 0.25) is 5.91 Å². The molecular formula is C20H20BrClN2O5. The molecule has 7 nitrogen and oxygen atoms in total. The minimum absolute atomic E-state index is 0.256. The first kappa shape index (κ1) is 22.7. The number of hydrogen-bond donors (Lipinski definition) is 2. The van der Waals surface area contributed by atoms with Crippen molar-refractivity contribution in [2.24, 2.45) is 0 Å². The van der Waals surface area contributed by atoms with E-state index in [1.54, 1.807) is 43.3 Å². The molecule has 1 unspecified atom stereocenters. The predicted molar refractivity (Wildman–Crippen MR) is 113 cm³/mol. The van der Waals surface area contributed by atoms with Crippen molar-refractivity contribution in [1.82, 2.24) is 5.32 Å².